The second-order valence-corrected chi connectivity index (χ2v) is 16.4. The number of methoxy groups -OCH3 is 4. The molecule has 4 aromatic carbocycles. The van der Waals surface area contributed by atoms with Gasteiger partial charge in [0.05, 0.1) is 70.1 Å². The van der Waals surface area contributed by atoms with Gasteiger partial charge in [-0.1, -0.05) is 46.9 Å². The molecule has 0 radical (unpaired) electrons. The molecular formula is C36H36Cl3F3N8O10S2. The van der Waals surface area contributed by atoms with E-state index in [-0.39, 0.29) is 20.0 Å². The van der Waals surface area contributed by atoms with Crippen LogP contribution in [0.5, 0.6) is 23.0 Å². The topological polar surface area (TPSA) is 256 Å². The zero-order chi connectivity index (χ0) is 46.6. The minimum atomic E-state index is -5.08. The Morgan fingerprint density at radius 2 is 1.15 bits per heavy atom. The van der Waals surface area contributed by atoms with Crippen LogP contribution in [0.15, 0.2) is 83.1 Å². The summed E-state index contributed by atoms with van der Waals surface area (Å²) in [5.74, 6) is -0.613. The van der Waals surface area contributed by atoms with Crippen molar-refractivity contribution in [1.82, 2.24) is 29.4 Å². The van der Waals surface area contributed by atoms with Crippen molar-refractivity contribution in [3.63, 3.8) is 0 Å². The summed E-state index contributed by atoms with van der Waals surface area (Å²) in [7, 11) is 1.82. The van der Waals surface area contributed by atoms with E-state index in [2.05, 4.69) is 34.7 Å². The van der Waals surface area contributed by atoms with Crippen LogP contribution in [0.1, 0.15) is 0 Å². The van der Waals surface area contributed by atoms with Crippen LogP contribution in [-0.2, 0) is 24.8 Å². The van der Waals surface area contributed by atoms with Crippen molar-refractivity contribution >= 4 is 99.8 Å². The Hall–Kier alpha value is -5.69. The molecule has 0 saturated heterocycles. The molecule has 0 bridgehead atoms. The number of fused-ring (bicyclic) bond motifs is 2. The van der Waals surface area contributed by atoms with Crippen LogP contribution in [0.2, 0.25) is 15.2 Å². The van der Waals surface area contributed by atoms with Crippen molar-refractivity contribution in [1.29, 1.82) is 0 Å². The normalized spacial score (nSPS) is 11.2. The van der Waals surface area contributed by atoms with Crippen LogP contribution >= 0.6 is 34.8 Å². The number of nitrogen functional groups attached to an aromatic ring is 1. The summed E-state index contributed by atoms with van der Waals surface area (Å²) in [4.78, 5) is 25.6. The Balaban J connectivity index is 0.000000248. The van der Waals surface area contributed by atoms with Gasteiger partial charge in [0.2, 0.25) is 20.0 Å². The van der Waals surface area contributed by atoms with Gasteiger partial charge in [-0.25, -0.2) is 51.0 Å². The summed E-state index contributed by atoms with van der Waals surface area (Å²) >= 11 is 18.6. The van der Waals surface area contributed by atoms with E-state index in [1.54, 1.807) is 36.4 Å². The highest BCUT2D eigenvalue weighted by Crippen LogP contribution is 2.43. The van der Waals surface area contributed by atoms with E-state index in [0.717, 1.165) is 0 Å². The Labute approximate surface area is 367 Å². The summed E-state index contributed by atoms with van der Waals surface area (Å²) in [5.41, 5.74) is 7.54. The monoisotopic (exact) mass is 966 g/mol. The highest BCUT2D eigenvalue weighted by Gasteiger charge is 2.38. The molecule has 0 aliphatic rings. The average Bonchev–Trinajstić information content (AvgIpc) is 3.23. The smallest absolute Gasteiger partial charge is 0.490 e. The summed E-state index contributed by atoms with van der Waals surface area (Å²) in [6, 6.07) is 15.9. The van der Waals surface area contributed by atoms with E-state index < -0.39 is 32.2 Å². The molecule has 0 atom stereocenters. The number of carboxylic acid groups (broad SMARTS) is 1. The number of halogens is 6. The molecule has 0 unspecified atom stereocenters. The van der Waals surface area contributed by atoms with Gasteiger partial charge in [-0.15, -0.1) is 0 Å². The van der Waals surface area contributed by atoms with E-state index in [0.29, 0.717) is 67.0 Å². The van der Waals surface area contributed by atoms with Crippen molar-refractivity contribution in [2.45, 2.75) is 16.0 Å². The van der Waals surface area contributed by atoms with Crippen LogP contribution in [0, 0.1) is 0 Å². The molecule has 6 N–H and O–H groups in total. The Morgan fingerprint density at radius 1 is 0.694 bits per heavy atom. The van der Waals surface area contributed by atoms with E-state index >= 15 is 0 Å². The number of hydrogen-bond donors (Lipinski definition) is 5. The largest absolute Gasteiger partial charge is 0.493 e. The molecule has 0 fully saturated rings. The third kappa shape index (κ3) is 12.7. The summed E-state index contributed by atoms with van der Waals surface area (Å²) in [6.07, 6.45) is -2.34. The number of aromatic nitrogens is 4. The minimum Gasteiger partial charge on any atom is -0.493 e. The zero-order valence-electron chi connectivity index (χ0n) is 33.0. The number of carbonyl (C=O) groups is 1. The molecule has 62 heavy (non-hydrogen) atoms. The van der Waals surface area contributed by atoms with Crippen molar-refractivity contribution < 1.29 is 58.9 Å². The van der Waals surface area contributed by atoms with Crippen LogP contribution in [-0.4, -0.2) is 96.6 Å². The molecule has 0 spiro atoms. The van der Waals surface area contributed by atoms with Crippen LogP contribution in [0.3, 0.4) is 0 Å². The van der Waals surface area contributed by atoms with Crippen LogP contribution in [0.25, 0.3) is 21.8 Å². The maximum absolute atomic E-state index is 12.0. The quantitative estimate of drug-likeness (QED) is 0.0706. The van der Waals surface area contributed by atoms with Crippen molar-refractivity contribution in [3.8, 4) is 23.0 Å². The number of ether oxygens (including phenoxy) is 4. The number of anilines is 3. The highest BCUT2D eigenvalue weighted by molar-refractivity contribution is 7.89. The number of sulfonamides is 2. The fourth-order valence-corrected chi connectivity index (χ4v) is 7.37. The van der Waals surface area contributed by atoms with E-state index in [4.69, 9.17) is 69.4 Å². The molecule has 18 nitrogen and oxygen atoms in total. The first kappa shape index (κ1) is 50.7. The van der Waals surface area contributed by atoms with Gasteiger partial charge < -0.3 is 35.1 Å². The molecule has 2 aromatic heterocycles. The Kier molecular flexibility index (Phi) is 17.9. The Bertz CT molecular complexity index is 2780. The number of rotatable bonds is 10. The molecule has 0 aliphatic carbocycles. The van der Waals surface area contributed by atoms with E-state index in [9.17, 15) is 30.0 Å². The number of hydrogen-bond acceptors (Lipinski definition) is 15. The maximum Gasteiger partial charge on any atom is 0.490 e. The lowest BCUT2D eigenvalue weighted by Gasteiger charge is -2.14. The highest BCUT2D eigenvalue weighted by atomic mass is 35.5. The lowest BCUT2D eigenvalue weighted by molar-refractivity contribution is -0.192. The third-order valence-electron chi connectivity index (χ3n) is 7.73. The zero-order valence-corrected chi connectivity index (χ0v) is 36.9. The number of alkyl halides is 3. The number of nitrogens with two attached hydrogens (primary N) is 1. The molecule has 6 aromatic rings. The molecule has 6 rings (SSSR count). The van der Waals surface area contributed by atoms with Crippen LogP contribution in [0.4, 0.5) is 30.4 Å². The number of carboxylic acids is 1. The van der Waals surface area contributed by atoms with Gasteiger partial charge in [-0.3, -0.25) is 0 Å². The first-order valence-electron chi connectivity index (χ1n) is 16.8. The third-order valence-corrected chi connectivity index (χ3v) is 11.6. The standard InChI is InChI=1S/C17H17ClN4O4S.C10H8Cl2N2O2.C7H10N2O2S.C2HF3O2/c1-19-27(23,24)11-6-4-5-10(7-11)22-17-14-12(20-9-21-17)8-13(25-2)16(26-3)15(14)18;1-15-6-3-5-7(8(11)9(6)16-2)10(12)14-4-13-5;1-9-12(10,11)7-4-2-3-6(8)5-7;3-2(4,5)1(6)7/h4-9,19H,1-3H3,(H,20,21,22);3-4H,1-2H3;2-5,9H,8H2,1H3;(H,6,7). The SMILES string of the molecule is CNS(=O)(=O)c1cccc(N)c1.CNS(=O)(=O)c1cccc(Nc2ncnc3cc(OC)c(OC)c(Cl)c23)c1.COc1cc2ncnc(Cl)c2c(Cl)c1OC.O=C(O)C(F)(F)F. The predicted molar refractivity (Wildman–Crippen MR) is 227 cm³/mol. The molecule has 0 amide bonds. The fraction of sp³-hybridized carbons (Fsp3) is 0.194. The minimum absolute atomic E-state index is 0.124. The fourth-order valence-electron chi connectivity index (χ4n) is 4.81. The van der Waals surface area contributed by atoms with Gasteiger partial charge in [0.25, 0.3) is 0 Å². The second kappa shape index (κ2) is 21.9. The van der Waals surface area contributed by atoms with Gasteiger partial charge in [0, 0.05) is 23.5 Å². The summed E-state index contributed by atoms with van der Waals surface area (Å²) in [5, 5.41) is 12.2. The van der Waals surface area contributed by atoms with Gasteiger partial charge in [-0.2, -0.15) is 13.2 Å². The first-order valence-corrected chi connectivity index (χ1v) is 20.9. The number of benzene rings is 4. The van der Waals surface area contributed by atoms with E-state index in [1.165, 1.54) is 79.5 Å². The van der Waals surface area contributed by atoms with Gasteiger partial charge >= 0.3 is 12.1 Å². The van der Waals surface area contributed by atoms with Gasteiger partial charge in [-0.05, 0) is 50.5 Å². The lowest BCUT2D eigenvalue weighted by Crippen LogP contribution is -2.21. The summed E-state index contributed by atoms with van der Waals surface area (Å²) in [6.45, 7) is 0. The first-order chi connectivity index (χ1) is 29.1. The average molecular weight is 968 g/mol. The van der Waals surface area contributed by atoms with E-state index in [1.807, 2.05) is 0 Å². The summed E-state index contributed by atoms with van der Waals surface area (Å²) < 4.78 is 104. The number of nitrogens with one attached hydrogen (secondary N) is 3. The second-order valence-electron chi connectivity index (χ2n) is 11.5. The van der Waals surface area contributed by atoms with Gasteiger partial charge in [0.1, 0.15) is 23.6 Å². The van der Waals surface area contributed by atoms with Crippen molar-refractivity contribution in [2.75, 3.05) is 53.6 Å². The molecule has 26 heteroatoms. The number of aliphatic carboxylic acids is 1. The van der Waals surface area contributed by atoms with Crippen LogP contribution < -0.4 is 39.4 Å². The maximum atomic E-state index is 12.0. The number of nitrogens with zero attached hydrogens (tertiary/aromatic N) is 4. The van der Waals surface area contributed by atoms with Crippen molar-refractivity contribution in [2.24, 2.45) is 0 Å². The molecule has 334 valence electrons. The molecule has 0 saturated carbocycles. The predicted octanol–water partition coefficient (Wildman–Crippen LogP) is 6.72. The molecule has 0 aliphatic heterocycles. The van der Waals surface area contributed by atoms with Crippen molar-refractivity contribution in [3.05, 3.63) is 88.5 Å². The molecular weight excluding hydrogens is 932 g/mol. The Morgan fingerprint density at radius 3 is 1.60 bits per heavy atom. The lowest BCUT2D eigenvalue weighted by atomic mass is 10.2. The van der Waals surface area contributed by atoms with Gasteiger partial charge in [0.15, 0.2) is 23.0 Å². The molecule has 2 heterocycles.